The molecule has 0 spiro atoms. The predicted molar refractivity (Wildman–Crippen MR) is 104 cm³/mol. The maximum atomic E-state index is 11.5. The third-order valence-electron chi connectivity index (χ3n) is 4.44. The van der Waals surface area contributed by atoms with Crippen LogP contribution in [0.5, 0.6) is 0 Å². The van der Waals surface area contributed by atoms with Crippen LogP contribution in [0.25, 0.3) is 0 Å². The highest BCUT2D eigenvalue weighted by Gasteiger charge is 2.03. The van der Waals surface area contributed by atoms with E-state index in [0.29, 0.717) is 6.42 Å². The molecular weight excluding hydrogens is 332 g/mol. The first-order chi connectivity index (χ1) is 12.7. The second-order valence-electron chi connectivity index (χ2n) is 6.97. The van der Waals surface area contributed by atoms with Gasteiger partial charge in [0.2, 0.25) is 0 Å². The van der Waals surface area contributed by atoms with Crippen molar-refractivity contribution < 1.29 is 24.2 Å². The summed E-state index contributed by atoms with van der Waals surface area (Å²) in [6, 6.07) is 0. The number of ether oxygens (including phenoxy) is 2. The van der Waals surface area contributed by atoms with Gasteiger partial charge in [-0.3, -0.25) is 9.59 Å². The van der Waals surface area contributed by atoms with Crippen molar-refractivity contribution in [1.82, 2.24) is 0 Å². The van der Waals surface area contributed by atoms with Crippen molar-refractivity contribution in [3.8, 4) is 0 Å². The highest BCUT2D eigenvalue weighted by atomic mass is 16.6. The van der Waals surface area contributed by atoms with Gasteiger partial charge in [0, 0.05) is 6.42 Å². The number of carboxylic acids is 1. The number of esters is 1. The molecule has 0 unspecified atom stereocenters. The smallest absolute Gasteiger partial charge is 0.305 e. The van der Waals surface area contributed by atoms with Crippen molar-refractivity contribution in [2.45, 2.75) is 103 Å². The molecule has 0 aromatic rings. The van der Waals surface area contributed by atoms with E-state index in [1.165, 1.54) is 70.6 Å². The first-order valence-corrected chi connectivity index (χ1v) is 10.6. The molecule has 26 heavy (non-hydrogen) atoms. The molecule has 5 nitrogen and oxygen atoms in total. The Hall–Kier alpha value is -1.10. The number of aliphatic carboxylic acids is 1. The van der Waals surface area contributed by atoms with E-state index in [-0.39, 0.29) is 32.2 Å². The molecule has 0 fully saturated rings. The van der Waals surface area contributed by atoms with Crippen LogP contribution in [0.15, 0.2) is 0 Å². The van der Waals surface area contributed by atoms with Crippen LogP contribution in [0.1, 0.15) is 103 Å². The lowest BCUT2D eigenvalue weighted by molar-refractivity contribution is -0.146. The molecule has 0 aliphatic heterocycles. The Morgan fingerprint density at radius 2 is 1.15 bits per heavy atom. The Kier molecular flexibility index (Phi) is 19.4. The van der Waals surface area contributed by atoms with Crippen molar-refractivity contribution in [2.75, 3.05) is 19.8 Å². The average Bonchev–Trinajstić information content (AvgIpc) is 2.61. The van der Waals surface area contributed by atoms with E-state index in [2.05, 4.69) is 6.92 Å². The van der Waals surface area contributed by atoms with Gasteiger partial charge in [-0.05, 0) is 6.42 Å². The van der Waals surface area contributed by atoms with Crippen molar-refractivity contribution in [3.63, 3.8) is 0 Å². The zero-order valence-corrected chi connectivity index (χ0v) is 16.8. The number of unbranched alkanes of at least 4 members (excludes halogenated alkanes) is 12. The second-order valence-corrected chi connectivity index (χ2v) is 6.97. The molecule has 0 saturated heterocycles. The van der Waals surface area contributed by atoms with Gasteiger partial charge in [-0.25, -0.2) is 0 Å². The summed E-state index contributed by atoms with van der Waals surface area (Å²) in [4.78, 5) is 21.8. The maximum Gasteiger partial charge on any atom is 0.305 e. The summed E-state index contributed by atoms with van der Waals surface area (Å²) in [5.41, 5.74) is 0. The van der Waals surface area contributed by atoms with Crippen LogP contribution in [-0.2, 0) is 19.1 Å². The summed E-state index contributed by atoms with van der Waals surface area (Å²) < 4.78 is 10.1. The van der Waals surface area contributed by atoms with Crippen LogP contribution >= 0.6 is 0 Å². The van der Waals surface area contributed by atoms with Gasteiger partial charge in [-0.2, -0.15) is 0 Å². The molecule has 0 aromatic heterocycles. The fourth-order valence-electron chi connectivity index (χ4n) is 2.84. The summed E-state index contributed by atoms with van der Waals surface area (Å²) >= 11 is 0. The fraction of sp³-hybridized carbons (Fsp3) is 0.905. The standard InChI is InChI=1S/C21H40O5/c1-2-3-4-5-6-7-8-9-10-11-12-13-14-15-21(24)26-19-18-25-17-16-20(22)23/h2-19H2,1H3,(H,22,23). The number of rotatable bonds is 20. The van der Waals surface area contributed by atoms with E-state index in [9.17, 15) is 9.59 Å². The molecule has 0 amide bonds. The molecule has 1 N–H and O–H groups in total. The van der Waals surface area contributed by atoms with E-state index in [1.807, 2.05) is 0 Å². The Balaban J connectivity index is 3.15. The predicted octanol–water partition coefficient (Wildman–Crippen LogP) is 5.50. The van der Waals surface area contributed by atoms with Gasteiger partial charge in [0.25, 0.3) is 0 Å². The van der Waals surface area contributed by atoms with Gasteiger partial charge >= 0.3 is 11.9 Å². The molecular formula is C21H40O5. The molecule has 0 heterocycles. The highest BCUT2D eigenvalue weighted by molar-refractivity contribution is 5.69. The Morgan fingerprint density at radius 1 is 0.654 bits per heavy atom. The van der Waals surface area contributed by atoms with Gasteiger partial charge in [0.1, 0.15) is 6.61 Å². The second kappa shape index (κ2) is 20.2. The molecule has 0 atom stereocenters. The molecule has 0 aliphatic carbocycles. The van der Waals surface area contributed by atoms with Crippen LogP contribution < -0.4 is 0 Å². The number of hydrogen-bond donors (Lipinski definition) is 1. The fourth-order valence-corrected chi connectivity index (χ4v) is 2.84. The Bertz CT molecular complexity index is 330. The van der Waals surface area contributed by atoms with E-state index in [1.54, 1.807) is 0 Å². The van der Waals surface area contributed by atoms with Crippen molar-refractivity contribution in [3.05, 3.63) is 0 Å². The number of hydrogen-bond acceptors (Lipinski definition) is 4. The van der Waals surface area contributed by atoms with Gasteiger partial charge in [0.05, 0.1) is 19.6 Å². The number of carboxylic acid groups (broad SMARTS) is 1. The van der Waals surface area contributed by atoms with E-state index < -0.39 is 5.97 Å². The third-order valence-corrected chi connectivity index (χ3v) is 4.44. The van der Waals surface area contributed by atoms with Crippen molar-refractivity contribution in [2.24, 2.45) is 0 Å². The first kappa shape index (κ1) is 24.9. The molecule has 0 radical (unpaired) electrons. The van der Waals surface area contributed by atoms with Gasteiger partial charge < -0.3 is 14.6 Å². The lowest BCUT2D eigenvalue weighted by atomic mass is 10.0. The van der Waals surface area contributed by atoms with Gasteiger partial charge in [0.15, 0.2) is 0 Å². The first-order valence-electron chi connectivity index (χ1n) is 10.6. The van der Waals surface area contributed by atoms with Crippen LogP contribution in [-0.4, -0.2) is 36.9 Å². The van der Waals surface area contributed by atoms with Crippen LogP contribution in [0.4, 0.5) is 0 Å². The molecule has 5 heteroatoms. The monoisotopic (exact) mass is 372 g/mol. The lowest BCUT2D eigenvalue weighted by Gasteiger charge is -2.05. The molecule has 0 bridgehead atoms. The van der Waals surface area contributed by atoms with Gasteiger partial charge in [-0.1, -0.05) is 84.0 Å². The van der Waals surface area contributed by atoms with E-state index in [4.69, 9.17) is 14.6 Å². The summed E-state index contributed by atoms with van der Waals surface area (Å²) in [5.74, 6) is -1.07. The highest BCUT2D eigenvalue weighted by Crippen LogP contribution is 2.13. The van der Waals surface area contributed by atoms with E-state index >= 15 is 0 Å². The SMILES string of the molecule is CCCCCCCCCCCCCCCC(=O)OCCOCCC(=O)O. The van der Waals surface area contributed by atoms with E-state index in [0.717, 1.165) is 12.8 Å². The molecule has 0 aliphatic rings. The zero-order chi connectivity index (χ0) is 19.3. The summed E-state index contributed by atoms with van der Waals surface area (Å²) in [6.45, 7) is 2.88. The minimum Gasteiger partial charge on any atom is -0.481 e. The van der Waals surface area contributed by atoms with Crippen molar-refractivity contribution in [1.29, 1.82) is 0 Å². The van der Waals surface area contributed by atoms with Crippen LogP contribution in [0.3, 0.4) is 0 Å². The molecule has 154 valence electrons. The quantitative estimate of drug-likeness (QED) is 0.225. The summed E-state index contributed by atoms with van der Waals surface area (Å²) in [6.07, 6.45) is 17.2. The molecule has 0 aromatic carbocycles. The van der Waals surface area contributed by atoms with Crippen LogP contribution in [0, 0.1) is 0 Å². The Morgan fingerprint density at radius 3 is 1.65 bits per heavy atom. The molecule has 0 rings (SSSR count). The summed E-state index contributed by atoms with van der Waals surface area (Å²) in [7, 11) is 0. The minimum absolute atomic E-state index is 0.0209. The topological polar surface area (TPSA) is 72.8 Å². The van der Waals surface area contributed by atoms with Crippen molar-refractivity contribution >= 4 is 11.9 Å². The summed E-state index contributed by atoms with van der Waals surface area (Å²) in [5, 5.41) is 8.44. The zero-order valence-electron chi connectivity index (χ0n) is 16.8. The Labute approximate surface area is 159 Å². The van der Waals surface area contributed by atoms with Crippen LogP contribution in [0.2, 0.25) is 0 Å². The lowest BCUT2D eigenvalue weighted by Crippen LogP contribution is -2.12. The molecule has 0 saturated carbocycles. The number of carbonyl (C=O) groups excluding carboxylic acids is 1. The minimum atomic E-state index is -0.885. The third kappa shape index (κ3) is 20.9. The number of carbonyl (C=O) groups is 2. The normalized spacial score (nSPS) is 10.8. The maximum absolute atomic E-state index is 11.5. The largest absolute Gasteiger partial charge is 0.481 e. The van der Waals surface area contributed by atoms with Gasteiger partial charge in [-0.15, -0.1) is 0 Å². The average molecular weight is 373 g/mol.